The van der Waals surface area contributed by atoms with Gasteiger partial charge in [-0.05, 0) is 48.6 Å². The highest BCUT2D eigenvalue weighted by molar-refractivity contribution is 7.09. The van der Waals surface area contributed by atoms with E-state index >= 15 is 0 Å². The van der Waals surface area contributed by atoms with Crippen LogP contribution in [0.1, 0.15) is 17.7 Å². The van der Waals surface area contributed by atoms with E-state index in [1.54, 1.807) is 11.3 Å². The normalized spacial score (nSPS) is 15.2. The fraction of sp³-hybridized carbons (Fsp3) is 0.389. The molecule has 1 aliphatic rings. The van der Waals surface area contributed by atoms with Crippen molar-refractivity contribution < 1.29 is 18.7 Å². The van der Waals surface area contributed by atoms with Crippen molar-refractivity contribution in [2.24, 2.45) is 0 Å². The lowest BCUT2D eigenvalue weighted by Gasteiger charge is -2.34. The maximum atomic E-state index is 12.9. The van der Waals surface area contributed by atoms with Crippen LogP contribution in [-0.4, -0.2) is 36.7 Å². The SMILES string of the molecule is O=C(COc1ccc(F)cc1)N(Cc1cccs1)C1CCOCC1. The average molecular weight is 349 g/mol. The van der Waals surface area contributed by atoms with Gasteiger partial charge in [-0.25, -0.2) is 4.39 Å². The maximum absolute atomic E-state index is 12.9. The van der Waals surface area contributed by atoms with Crippen molar-refractivity contribution in [3.8, 4) is 5.75 Å². The van der Waals surface area contributed by atoms with Gasteiger partial charge in [-0.3, -0.25) is 4.79 Å². The van der Waals surface area contributed by atoms with Crippen molar-refractivity contribution in [2.75, 3.05) is 19.8 Å². The Balaban J connectivity index is 1.64. The summed E-state index contributed by atoms with van der Waals surface area (Å²) in [5.41, 5.74) is 0. The number of benzene rings is 1. The standard InChI is InChI=1S/C18H20FNO3S/c19-14-3-5-16(6-4-14)23-13-18(21)20(12-17-2-1-11-24-17)15-7-9-22-10-8-15/h1-6,11,15H,7-10,12-13H2. The van der Waals surface area contributed by atoms with Gasteiger partial charge in [0.15, 0.2) is 6.61 Å². The Hall–Kier alpha value is -1.92. The molecule has 0 spiro atoms. The van der Waals surface area contributed by atoms with Gasteiger partial charge in [-0.15, -0.1) is 11.3 Å². The molecule has 0 radical (unpaired) electrons. The smallest absolute Gasteiger partial charge is 0.261 e. The molecule has 2 heterocycles. The Kier molecular flexibility index (Phi) is 5.82. The number of hydrogen-bond acceptors (Lipinski definition) is 4. The number of rotatable bonds is 6. The number of hydrogen-bond donors (Lipinski definition) is 0. The Morgan fingerprint density at radius 3 is 2.67 bits per heavy atom. The van der Waals surface area contributed by atoms with Gasteiger partial charge < -0.3 is 14.4 Å². The summed E-state index contributed by atoms with van der Waals surface area (Å²) in [6.45, 7) is 1.90. The third kappa shape index (κ3) is 4.55. The van der Waals surface area contributed by atoms with Crippen LogP contribution in [0.3, 0.4) is 0 Å². The minimum atomic E-state index is -0.324. The van der Waals surface area contributed by atoms with Gasteiger partial charge in [0, 0.05) is 24.1 Å². The van der Waals surface area contributed by atoms with Crippen molar-refractivity contribution >= 4 is 17.2 Å². The van der Waals surface area contributed by atoms with Crippen LogP contribution >= 0.6 is 11.3 Å². The summed E-state index contributed by atoms with van der Waals surface area (Å²) in [6, 6.07) is 9.89. The molecule has 0 atom stereocenters. The Bertz CT molecular complexity index is 639. The highest BCUT2D eigenvalue weighted by Gasteiger charge is 2.26. The second-order valence-electron chi connectivity index (χ2n) is 5.69. The number of halogens is 1. The van der Waals surface area contributed by atoms with Gasteiger partial charge >= 0.3 is 0 Å². The van der Waals surface area contributed by atoms with E-state index in [0.717, 1.165) is 17.7 Å². The minimum absolute atomic E-state index is 0.0473. The van der Waals surface area contributed by atoms with Crippen molar-refractivity contribution in [2.45, 2.75) is 25.4 Å². The summed E-state index contributed by atoms with van der Waals surface area (Å²) in [7, 11) is 0. The van der Waals surface area contributed by atoms with E-state index in [9.17, 15) is 9.18 Å². The summed E-state index contributed by atoms with van der Waals surface area (Å²) in [5.74, 6) is 0.114. The van der Waals surface area contributed by atoms with Crippen molar-refractivity contribution in [1.82, 2.24) is 4.90 Å². The maximum Gasteiger partial charge on any atom is 0.261 e. The lowest BCUT2D eigenvalue weighted by molar-refractivity contribution is -0.138. The molecule has 4 nitrogen and oxygen atoms in total. The van der Waals surface area contributed by atoms with E-state index in [0.29, 0.717) is 25.5 Å². The van der Waals surface area contributed by atoms with Gasteiger partial charge in [0.1, 0.15) is 11.6 Å². The van der Waals surface area contributed by atoms with Crippen LogP contribution in [0, 0.1) is 5.82 Å². The van der Waals surface area contributed by atoms with Gasteiger partial charge in [0.05, 0.1) is 6.54 Å². The van der Waals surface area contributed by atoms with Crippen LogP contribution in [0.2, 0.25) is 0 Å². The van der Waals surface area contributed by atoms with E-state index in [2.05, 4.69) is 0 Å². The molecule has 1 aromatic heterocycles. The summed E-state index contributed by atoms with van der Waals surface area (Å²) >= 11 is 1.64. The molecular formula is C18H20FNO3S. The predicted molar refractivity (Wildman–Crippen MR) is 90.6 cm³/mol. The second kappa shape index (κ2) is 8.26. The van der Waals surface area contributed by atoms with Gasteiger partial charge in [-0.2, -0.15) is 0 Å². The number of ether oxygens (including phenoxy) is 2. The Labute approximate surface area is 144 Å². The molecule has 6 heteroatoms. The topological polar surface area (TPSA) is 38.8 Å². The monoisotopic (exact) mass is 349 g/mol. The molecule has 3 rings (SSSR count). The number of nitrogens with zero attached hydrogens (tertiary/aromatic N) is 1. The molecule has 0 aliphatic carbocycles. The van der Waals surface area contributed by atoms with Gasteiger partial charge in [0.2, 0.25) is 0 Å². The van der Waals surface area contributed by atoms with Crippen LogP contribution < -0.4 is 4.74 Å². The lowest BCUT2D eigenvalue weighted by atomic mass is 10.1. The van der Waals surface area contributed by atoms with Crippen LogP contribution in [-0.2, 0) is 16.1 Å². The lowest BCUT2D eigenvalue weighted by Crippen LogP contribution is -2.44. The van der Waals surface area contributed by atoms with E-state index in [-0.39, 0.29) is 24.4 Å². The first-order valence-corrected chi connectivity index (χ1v) is 8.88. The minimum Gasteiger partial charge on any atom is -0.484 e. The van der Waals surface area contributed by atoms with Crippen molar-refractivity contribution in [3.63, 3.8) is 0 Å². The van der Waals surface area contributed by atoms with E-state index < -0.39 is 0 Å². The molecular weight excluding hydrogens is 329 g/mol. The number of amides is 1. The summed E-state index contributed by atoms with van der Waals surface area (Å²) in [6.07, 6.45) is 1.68. The molecule has 2 aromatic rings. The van der Waals surface area contributed by atoms with E-state index in [1.807, 2.05) is 22.4 Å². The fourth-order valence-electron chi connectivity index (χ4n) is 2.75. The average Bonchev–Trinajstić information content (AvgIpc) is 3.13. The summed E-state index contributed by atoms with van der Waals surface area (Å²) < 4.78 is 23.9. The van der Waals surface area contributed by atoms with Crippen LogP contribution in [0.4, 0.5) is 4.39 Å². The molecule has 0 saturated carbocycles. The fourth-order valence-corrected chi connectivity index (χ4v) is 3.45. The molecule has 1 fully saturated rings. The first-order valence-electron chi connectivity index (χ1n) is 8.00. The Morgan fingerprint density at radius 2 is 2.00 bits per heavy atom. The third-order valence-electron chi connectivity index (χ3n) is 4.03. The zero-order valence-corrected chi connectivity index (χ0v) is 14.1. The molecule has 1 aromatic carbocycles. The van der Waals surface area contributed by atoms with Gasteiger partial charge in [-0.1, -0.05) is 6.07 Å². The van der Waals surface area contributed by atoms with E-state index in [4.69, 9.17) is 9.47 Å². The molecule has 0 bridgehead atoms. The zero-order valence-electron chi connectivity index (χ0n) is 13.3. The highest BCUT2D eigenvalue weighted by atomic mass is 32.1. The van der Waals surface area contributed by atoms with Gasteiger partial charge in [0.25, 0.3) is 5.91 Å². The van der Waals surface area contributed by atoms with Crippen molar-refractivity contribution in [3.05, 3.63) is 52.5 Å². The third-order valence-corrected chi connectivity index (χ3v) is 4.90. The molecule has 1 aliphatic heterocycles. The largest absolute Gasteiger partial charge is 0.484 e. The van der Waals surface area contributed by atoms with Crippen molar-refractivity contribution in [1.29, 1.82) is 0 Å². The molecule has 0 unspecified atom stereocenters. The predicted octanol–water partition coefficient (Wildman–Crippen LogP) is 3.47. The summed E-state index contributed by atoms with van der Waals surface area (Å²) in [4.78, 5) is 15.7. The first-order chi connectivity index (χ1) is 11.7. The van der Waals surface area contributed by atoms with Crippen LogP contribution in [0.15, 0.2) is 41.8 Å². The number of carbonyl (C=O) groups excluding carboxylic acids is 1. The van der Waals surface area contributed by atoms with E-state index in [1.165, 1.54) is 24.3 Å². The molecule has 128 valence electrons. The highest BCUT2D eigenvalue weighted by Crippen LogP contribution is 2.20. The molecule has 0 N–H and O–H groups in total. The molecule has 1 saturated heterocycles. The number of carbonyl (C=O) groups is 1. The summed E-state index contributed by atoms with van der Waals surface area (Å²) in [5, 5.41) is 2.01. The first kappa shape index (κ1) is 16.9. The number of thiophene rings is 1. The Morgan fingerprint density at radius 1 is 1.25 bits per heavy atom. The van der Waals surface area contributed by atoms with Crippen LogP contribution in [0.5, 0.6) is 5.75 Å². The quantitative estimate of drug-likeness (QED) is 0.801. The molecule has 24 heavy (non-hydrogen) atoms. The second-order valence-corrected chi connectivity index (χ2v) is 6.72. The zero-order chi connectivity index (χ0) is 16.8. The molecule has 1 amide bonds. The van der Waals surface area contributed by atoms with Crippen LogP contribution in [0.25, 0.3) is 0 Å².